The summed E-state index contributed by atoms with van der Waals surface area (Å²) in [6.07, 6.45) is 6.69. The summed E-state index contributed by atoms with van der Waals surface area (Å²) in [6.45, 7) is 5.30. The Morgan fingerprint density at radius 3 is 2.73 bits per heavy atom. The van der Waals surface area contributed by atoms with Gasteiger partial charge in [0.1, 0.15) is 11.2 Å². The van der Waals surface area contributed by atoms with Gasteiger partial charge in [0.15, 0.2) is 0 Å². The number of fused-ring (bicyclic) bond motifs is 3. The molecule has 2 heterocycles. The first-order valence-corrected chi connectivity index (χ1v) is 7.80. The molecule has 4 rings (SSSR count). The van der Waals surface area contributed by atoms with Crippen LogP contribution < -0.4 is 0 Å². The highest BCUT2D eigenvalue weighted by Gasteiger charge is 2.21. The molecule has 1 atom stereocenters. The van der Waals surface area contributed by atoms with Gasteiger partial charge in [-0.05, 0) is 25.5 Å². The van der Waals surface area contributed by atoms with E-state index in [0.717, 1.165) is 17.7 Å². The molecule has 1 unspecified atom stereocenters. The minimum atomic E-state index is 0.234. The number of rotatable bonds is 2. The van der Waals surface area contributed by atoms with Crippen molar-refractivity contribution in [3.8, 4) is 0 Å². The van der Waals surface area contributed by atoms with E-state index in [4.69, 9.17) is 4.42 Å². The highest BCUT2D eigenvalue weighted by atomic mass is 16.3. The number of hydrogen-bond donors (Lipinski definition) is 0. The molecule has 0 spiro atoms. The molecule has 0 aliphatic carbocycles. The van der Waals surface area contributed by atoms with Gasteiger partial charge in [-0.15, -0.1) is 0 Å². The quantitative estimate of drug-likeness (QED) is 0.626. The van der Waals surface area contributed by atoms with E-state index in [1.807, 2.05) is 12.1 Å². The molecular weight excluding hydrogens is 270 g/mol. The van der Waals surface area contributed by atoms with E-state index in [1.54, 1.807) is 0 Å². The maximum absolute atomic E-state index is 6.18. The van der Waals surface area contributed by atoms with Gasteiger partial charge in [-0.1, -0.05) is 48.6 Å². The molecule has 110 valence electrons. The average molecular weight is 289 g/mol. The van der Waals surface area contributed by atoms with Gasteiger partial charge in [0.2, 0.25) is 0 Å². The van der Waals surface area contributed by atoms with Gasteiger partial charge in [0.25, 0.3) is 0 Å². The van der Waals surface area contributed by atoms with Crippen LogP contribution in [-0.4, -0.2) is 11.4 Å². The van der Waals surface area contributed by atoms with Gasteiger partial charge < -0.3 is 9.32 Å². The Morgan fingerprint density at radius 2 is 1.86 bits per heavy atom. The lowest BCUT2D eigenvalue weighted by Gasteiger charge is -2.30. The zero-order valence-electron chi connectivity index (χ0n) is 12.9. The van der Waals surface area contributed by atoms with E-state index in [2.05, 4.69) is 67.4 Å². The van der Waals surface area contributed by atoms with E-state index < -0.39 is 0 Å². The molecule has 1 aliphatic rings. The fourth-order valence-corrected chi connectivity index (χ4v) is 3.31. The largest absolute Gasteiger partial charge is 0.456 e. The lowest BCUT2D eigenvalue weighted by molar-refractivity contribution is 0.335. The van der Waals surface area contributed by atoms with Crippen LogP contribution in [0.15, 0.2) is 70.8 Å². The monoisotopic (exact) mass is 289 g/mol. The van der Waals surface area contributed by atoms with Crippen LogP contribution in [0.5, 0.6) is 0 Å². The smallest absolute Gasteiger partial charge is 0.141 e. The van der Waals surface area contributed by atoms with E-state index in [-0.39, 0.29) is 6.04 Å². The number of likely N-dealkylation sites (N-methyl/N-ethyl adjacent to an activating group) is 1. The molecule has 2 nitrogen and oxygen atoms in total. The fraction of sp³-hybridized carbons (Fsp3) is 0.200. The molecule has 0 amide bonds. The highest BCUT2D eigenvalue weighted by molar-refractivity contribution is 6.05. The zero-order valence-corrected chi connectivity index (χ0v) is 12.9. The predicted molar refractivity (Wildman–Crippen MR) is 91.7 cm³/mol. The second-order valence-electron chi connectivity index (χ2n) is 5.83. The molecule has 0 fully saturated rings. The molecule has 0 radical (unpaired) electrons. The second-order valence-corrected chi connectivity index (χ2v) is 5.83. The minimum absolute atomic E-state index is 0.234. The van der Waals surface area contributed by atoms with Gasteiger partial charge in [-0.3, -0.25) is 0 Å². The first-order valence-electron chi connectivity index (χ1n) is 7.80. The number of benzene rings is 2. The second kappa shape index (κ2) is 5.06. The Labute approximate surface area is 130 Å². The van der Waals surface area contributed by atoms with Crippen LogP contribution in [0.2, 0.25) is 0 Å². The Kier molecular flexibility index (Phi) is 3.04. The SMILES string of the molecule is CCN1C=C(C)C=CC1c1cccc2c1oc1ccccc12. The van der Waals surface area contributed by atoms with Crippen molar-refractivity contribution in [1.82, 2.24) is 4.90 Å². The molecule has 1 aliphatic heterocycles. The molecule has 0 saturated carbocycles. The van der Waals surface area contributed by atoms with Crippen molar-refractivity contribution in [2.75, 3.05) is 6.54 Å². The summed E-state index contributed by atoms with van der Waals surface area (Å²) in [4.78, 5) is 2.36. The predicted octanol–water partition coefficient (Wildman–Crippen LogP) is 5.42. The van der Waals surface area contributed by atoms with E-state index in [1.165, 1.54) is 21.9 Å². The summed E-state index contributed by atoms with van der Waals surface area (Å²) in [5.41, 5.74) is 4.48. The summed E-state index contributed by atoms with van der Waals surface area (Å²) in [6, 6.07) is 14.9. The number of furan rings is 1. The van der Waals surface area contributed by atoms with Crippen molar-refractivity contribution in [2.24, 2.45) is 0 Å². The Balaban J connectivity index is 1.94. The number of para-hydroxylation sites is 2. The van der Waals surface area contributed by atoms with E-state index in [9.17, 15) is 0 Å². The van der Waals surface area contributed by atoms with Crippen LogP contribution in [0.3, 0.4) is 0 Å². The van der Waals surface area contributed by atoms with Gasteiger partial charge >= 0.3 is 0 Å². The van der Waals surface area contributed by atoms with Gasteiger partial charge in [0.05, 0.1) is 6.04 Å². The van der Waals surface area contributed by atoms with Gasteiger partial charge in [-0.25, -0.2) is 0 Å². The molecule has 0 bridgehead atoms. The molecule has 1 aromatic heterocycles. The fourth-order valence-electron chi connectivity index (χ4n) is 3.31. The van der Waals surface area contributed by atoms with Crippen molar-refractivity contribution in [3.63, 3.8) is 0 Å². The lowest BCUT2D eigenvalue weighted by Crippen LogP contribution is -2.24. The van der Waals surface area contributed by atoms with Crippen molar-refractivity contribution >= 4 is 21.9 Å². The third kappa shape index (κ3) is 1.95. The molecule has 0 N–H and O–H groups in total. The Morgan fingerprint density at radius 1 is 1.05 bits per heavy atom. The van der Waals surface area contributed by atoms with Crippen LogP contribution in [0.1, 0.15) is 25.5 Å². The summed E-state index contributed by atoms with van der Waals surface area (Å²) in [7, 11) is 0. The van der Waals surface area contributed by atoms with Crippen LogP contribution in [0, 0.1) is 0 Å². The molecule has 0 saturated heterocycles. The lowest BCUT2D eigenvalue weighted by atomic mass is 9.99. The maximum Gasteiger partial charge on any atom is 0.141 e. The third-order valence-corrected chi connectivity index (χ3v) is 4.39. The molecule has 22 heavy (non-hydrogen) atoms. The minimum Gasteiger partial charge on any atom is -0.456 e. The van der Waals surface area contributed by atoms with E-state index >= 15 is 0 Å². The first kappa shape index (κ1) is 13.2. The highest BCUT2D eigenvalue weighted by Crippen LogP contribution is 2.36. The number of nitrogens with zero attached hydrogens (tertiary/aromatic N) is 1. The van der Waals surface area contributed by atoms with E-state index in [0.29, 0.717) is 0 Å². The summed E-state index contributed by atoms with van der Waals surface area (Å²) >= 11 is 0. The average Bonchev–Trinajstić information content (AvgIpc) is 2.93. The molecule has 2 heteroatoms. The topological polar surface area (TPSA) is 16.4 Å². The van der Waals surface area contributed by atoms with Crippen molar-refractivity contribution < 1.29 is 4.42 Å². The summed E-state index contributed by atoms with van der Waals surface area (Å²) in [5.74, 6) is 0. The molecule has 2 aromatic carbocycles. The van der Waals surface area contributed by atoms with Crippen LogP contribution >= 0.6 is 0 Å². The van der Waals surface area contributed by atoms with Crippen LogP contribution in [0.4, 0.5) is 0 Å². The normalized spacial score (nSPS) is 18.2. The van der Waals surface area contributed by atoms with Crippen LogP contribution in [0.25, 0.3) is 21.9 Å². The third-order valence-electron chi connectivity index (χ3n) is 4.39. The number of hydrogen-bond acceptors (Lipinski definition) is 2. The maximum atomic E-state index is 6.18. The van der Waals surface area contributed by atoms with Crippen molar-refractivity contribution in [2.45, 2.75) is 19.9 Å². The van der Waals surface area contributed by atoms with Crippen molar-refractivity contribution in [1.29, 1.82) is 0 Å². The number of allylic oxidation sites excluding steroid dienone is 2. The Bertz CT molecular complexity index is 900. The van der Waals surface area contributed by atoms with Crippen molar-refractivity contribution in [3.05, 3.63) is 72.0 Å². The standard InChI is InChI=1S/C20H19NO/c1-3-21-13-14(2)11-12-18(21)17-9-6-8-16-15-7-4-5-10-19(15)22-20(16)17/h4-13,18H,3H2,1-2H3. The Hall–Kier alpha value is -2.48. The van der Waals surface area contributed by atoms with Crippen LogP contribution in [-0.2, 0) is 0 Å². The summed E-state index contributed by atoms with van der Waals surface area (Å²) in [5, 5.41) is 2.39. The molecular formula is C20H19NO. The van der Waals surface area contributed by atoms with Gasteiger partial charge in [0, 0.05) is 29.1 Å². The summed E-state index contributed by atoms with van der Waals surface area (Å²) < 4.78 is 6.18. The van der Waals surface area contributed by atoms with Gasteiger partial charge in [-0.2, -0.15) is 0 Å². The zero-order chi connectivity index (χ0) is 15.1. The first-order chi connectivity index (χ1) is 10.8. The molecule has 3 aromatic rings.